The number of carbonyl (C=O) groups is 1. The minimum Gasteiger partial charge on any atom is -0.304 e. The van der Waals surface area contributed by atoms with E-state index in [2.05, 4.69) is 32.8 Å². The lowest BCUT2D eigenvalue weighted by Gasteiger charge is -2.32. The van der Waals surface area contributed by atoms with Crippen LogP contribution in [-0.2, 0) is 0 Å². The number of hydrogen-bond donors (Lipinski definition) is 0. The first-order valence-corrected chi connectivity index (χ1v) is 7.14. The quantitative estimate of drug-likeness (QED) is 0.797. The van der Waals surface area contributed by atoms with E-state index >= 15 is 0 Å². The van der Waals surface area contributed by atoms with Crippen LogP contribution in [0.15, 0.2) is 28.7 Å². The van der Waals surface area contributed by atoms with Crippen molar-refractivity contribution in [2.24, 2.45) is 0 Å². The number of likely N-dealkylation sites (N-methyl/N-ethyl adjacent to an activating group) is 1. The van der Waals surface area contributed by atoms with Crippen LogP contribution in [0, 0.1) is 0 Å². The van der Waals surface area contributed by atoms with Crippen molar-refractivity contribution < 1.29 is 4.79 Å². The van der Waals surface area contributed by atoms with E-state index in [-0.39, 0.29) is 5.78 Å². The topological polar surface area (TPSA) is 23.6 Å². The van der Waals surface area contributed by atoms with Gasteiger partial charge in [0.05, 0.1) is 0 Å². The molecule has 3 nitrogen and oxygen atoms in total. The zero-order valence-corrected chi connectivity index (χ0v) is 12.3. The van der Waals surface area contributed by atoms with E-state index in [4.69, 9.17) is 0 Å². The molecule has 0 bridgehead atoms. The maximum absolute atomic E-state index is 12.0. The first-order chi connectivity index (χ1) is 8.65. The lowest BCUT2D eigenvalue weighted by molar-refractivity contribution is 0.0942. The maximum Gasteiger partial charge on any atom is 0.164 e. The SMILES string of the molecule is CN1CCN(CCC(=O)c2ccc(Br)cc2)CC1. The van der Waals surface area contributed by atoms with E-state index in [1.807, 2.05) is 24.3 Å². The second-order valence-corrected chi connectivity index (χ2v) is 5.74. The summed E-state index contributed by atoms with van der Waals surface area (Å²) in [6.07, 6.45) is 0.616. The van der Waals surface area contributed by atoms with Gasteiger partial charge in [0.15, 0.2) is 5.78 Å². The number of rotatable bonds is 4. The van der Waals surface area contributed by atoms with Crippen LogP contribution in [0.5, 0.6) is 0 Å². The predicted molar refractivity (Wildman–Crippen MR) is 77.0 cm³/mol. The highest BCUT2D eigenvalue weighted by atomic mass is 79.9. The van der Waals surface area contributed by atoms with Gasteiger partial charge in [0.25, 0.3) is 0 Å². The molecule has 1 aliphatic heterocycles. The number of Topliss-reactive ketones (excluding diaryl/α,β-unsaturated/α-hetero) is 1. The Morgan fingerprint density at radius 1 is 1.17 bits per heavy atom. The van der Waals surface area contributed by atoms with Gasteiger partial charge in [-0.2, -0.15) is 0 Å². The second kappa shape index (κ2) is 6.45. The fourth-order valence-electron chi connectivity index (χ4n) is 2.11. The molecule has 1 aromatic carbocycles. The Labute approximate surface area is 117 Å². The van der Waals surface area contributed by atoms with Gasteiger partial charge in [-0.25, -0.2) is 0 Å². The standard InChI is InChI=1S/C14H19BrN2O/c1-16-8-10-17(11-9-16)7-6-14(18)12-2-4-13(15)5-3-12/h2-5H,6-11H2,1H3. The molecule has 0 saturated carbocycles. The van der Waals surface area contributed by atoms with Crippen LogP contribution in [-0.4, -0.2) is 55.4 Å². The highest BCUT2D eigenvalue weighted by molar-refractivity contribution is 9.10. The third-order valence-corrected chi connectivity index (χ3v) is 3.95. The molecule has 2 rings (SSSR count). The molecule has 1 saturated heterocycles. The number of carbonyl (C=O) groups excluding carboxylic acids is 1. The van der Waals surface area contributed by atoms with Gasteiger partial charge in [-0.1, -0.05) is 28.1 Å². The van der Waals surface area contributed by atoms with Crippen molar-refractivity contribution in [3.8, 4) is 0 Å². The third kappa shape index (κ3) is 3.90. The smallest absolute Gasteiger partial charge is 0.164 e. The van der Waals surface area contributed by atoms with Gasteiger partial charge < -0.3 is 9.80 Å². The van der Waals surface area contributed by atoms with Crippen molar-refractivity contribution in [1.29, 1.82) is 0 Å². The fourth-order valence-corrected chi connectivity index (χ4v) is 2.38. The van der Waals surface area contributed by atoms with Crippen LogP contribution in [0.2, 0.25) is 0 Å². The molecule has 1 heterocycles. The monoisotopic (exact) mass is 310 g/mol. The molecule has 0 unspecified atom stereocenters. The summed E-state index contributed by atoms with van der Waals surface area (Å²) in [6, 6.07) is 7.61. The Morgan fingerprint density at radius 3 is 2.39 bits per heavy atom. The lowest BCUT2D eigenvalue weighted by atomic mass is 10.1. The summed E-state index contributed by atoms with van der Waals surface area (Å²) < 4.78 is 1.01. The van der Waals surface area contributed by atoms with Crippen LogP contribution < -0.4 is 0 Å². The van der Waals surface area contributed by atoms with Crippen molar-refractivity contribution >= 4 is 21.7 Å². The molecule has 18 heavy (non-hydrogen) atoms. The van der Waals surface area contributed by atoms with Gasteiger partial charge in [0.1, 0.15) is 0 Å². The Kier molecular flexibility index (Phi) is 4.92. The van der Waals surface area contributed by atoms with Crippen LogP contribution in [0.3, 0.4) is 0 Å². The summed E-state index contributed by atoms with van der Waals surface area (Å²) in [5.41, 5.74) is 0.812. The Balaban J connectivity index is 1.79. The number of benzene rings is 1. The molecule has 0 N–H and O–H groups in total. The molecule has 0 atom stereocenters. The molecular formula is C14H19BrN2O. The molecule has 0 aliphatic carbocycles. The summed E-state index contributed by atoms with van der Waals surface area (Å²) in [5.74, 6) is 0.237. The summed E-state index contributed by atoms with van der Waals surface area (Å²) in [6.45, 7) is 5.23. The van der Waals surface area contributed by atoms with E-state index in [1.165, 1.54) is 0 Å². The maximum atomic E-state index is 12.0. The summed E-state index contributed by atoms with van der Waals surface area (Å²) in [4.78, 5) is 16.7. The molecule has 1 fully saturated rings. The molecular weight excluding hydrogens is 292 g/mol. The van der Waals surface area contributed by atoms with Crippen molar-refractivity contribution in [1.82, 2.24) is 9.80 Å². The molecule has 98 valence electrons. The van der Waals surface area contributed by atoms with Gasteiger partial charge in [-0.15, -0.1) is 0 Å². The zero-order chi connectivity index (χ0) is 13.0. The van der Waals surface area contributed by atoms with Crippen LogP contribution in [0.25, 0.3) is 0 Å². The van der Waals surface area contributed by atoms with E-state index in [0.29, 0.717) is 6.42 Å². The fraction of sp³-hybridized carbons (Fsp3) is 0.500. The normalized spacial score (nSPS) is 17.9. The molecule has 0 spiro atoms. The Bertz CT molecular complexity index is 397. The minimum absolute atomic E-state index is 0.237. The Hall–Kier alpha value is -0.710. The molecule has 4 heteroatoms. The largest absolute Gasteiger partial charge is 0.304 e. The summed E-state index contributed by atoms with van der Waals surface area (Å²) >= 11 is 3.38. The predicted octanol–water partition coefficient (Wildman–Crippen LogP) is 2.27. The van der Waals surface area contributed by atoms with Gasteiger partial charge in [0, 0.05) is 49.2 Å². The van der Waals surface area contributed by atoms with Gasteiger partial charge in [-0.3, -0.25) is 4.79 Å². The van der Waals surface area contributed by atoms with Crippen LogP contribution >= 0.6 is 15.9 Å². The third-order valence-electron chi connectivity index (χ3n) is 3.42. The molecule has 0 radical (unpaired) electrons. The first kappa shape index (κ1) is 13.7. The van der Waals surface area contributed by atoms with Crippen LogP contribution in [0.4, 0.5) is 0 Å². The van der Waals surface area contributed by atoms with E-state index in [9.17, 15) is 4.79 Å². The van der Waals surface area contributed by atoms with Crippen LogP contribution in [0.1, 0.15) is 16.8 Å². The van der Waals surface area contributed by atoms with E-state index in [0.717, 1.165) is 42.8 Å². The molecule has 0 amide bonds. The number of hydrogen-bond acceptors (Lipinski definition) is 3. The highest BCUT2D eigenvalue weighted by Gasteiger charge is 2.15. The summed E-state index contributed by atoms with van der Waals surface area (Å²) in [7, 11) is 2.14. The number of ketones is 1. The van der Waals surface area contributed by atoms with E-state index in [1.54, 1.807) is 0 Å². The molecule has 1 aromatic rings. The highest BCUT2D eigenvalue weighted by Crippen LogP contribution is 2.12. The van der Waals surface area contributed by atoms with E-state index < -0.39 is 0 Å². The molecule has 0 aromatic heterocycles. The average molecular weight is 311 g/mol. The lowest BCUT2D eigenvalue weighted by Crippen LogP contribution is -2.45. The molecule has 1 aliphatic rings. The average Bonchev–Trinajstić information content (AvgIpc) is 2.38. The number of halogens is 1. The number of nitrogens with zero attached hydrogens (tertiary/aromatic N) is 2. The second-order valence-electron chi connectivity index (χ2n) is 4.82. The van der Waals surface area contributed by atoms with Gasteiger partial charge >= 0.3 is 0 Å². The summed E-state index contributed by atoms with van der Waals surface area (Å²) in [5, 5.41) is 0. The van der Waals surface area contributed by atoms with Gasteiger partial charge in [-0.05, 0) is 19.2 Å². The van der Waals surface area contributed by atoms with Crippen molar-refractivity contribution in [3.63, 3.8) is 0 Å². The first-order valence-electron chi connectivity index (χ1n) is 6.35. The number of piperazine rings is 1. The van der Waals surface area contributed by atoms with Gasteiger partial charge in [0.2, 0.25) is 0 Å². The minimum atomic E-state index is 0.237. The van der Waals surface area contributed by atoms with Crippen molar-refractivity contribution in [2.45, 2.75) is 6.42 Å². The zero-order valence-electron chi connectivity index (χ0n) is 10.7. The van der Waals surface area contributed by atoms with Crippen molar-refractivity contribution in [3.05, 3.63) is 34.3 Å². The Morgan fingerprint density at radius 2 is 1.78 bits per heavy atom. The van der Waals surface area contributed by atoms with Crippen molar-refractivity contribution in [2.75, 3.05) is 39.8 Å².